The summed E-state index contributed by atoms with van der Waals surface area (Å²) in [5.74, 6) is 0.651. The van der Waals surface area contributed by atoms with E-state index >= 15 is 0 Å². The van der Waals surface area contributed by atoms with Crippen molar-refractivity contribution in [3.05, 3.63) is 62.9 Å². The van der Waals surface area contributed by atoms with E-state index in [-0.39, 0.29) is 17.9 Å². The number of ether oxygens (including phenoxy) is 1. The molecule has 130 valence electrons. The molecule has 0 aliphatic rings. The van der Waals surface area contributed by atoms with Crippen LogP contribution in [0, 0.1) is 13.8 Å². The fourth-order valence-corrected chi connectivity index (χ4v) is 2.76. The Labute approximate surface area is 143 Å². The number of hydrogen-bond acceptors (Lipinski definition) is 6. The lowest BCUT2D eigenvalue weighted by Crippen LogP contribution is -2.08. The largest absolute Gasteiger partial charge is 0.508 e. The number of carbonyl (C=O) groups excluding carboxylic acids is 1. The van der Waals surface area contributed by atoms with Crippen LogP contribution in [0.4, 0.5) is 0 Å². The van der Waals surface area contributed by atoms with Gasteiger partial charge in [0.15, 0.2) is 0 Å². The van der Waals surface area contributed by atoms with Crippen molar-refractivity contribution in [1.82, 2.24) is 0 Å². The van der Waals surface area contributed by atoms with Crippen LogP contribution in [0.15, 0.2) is 37.9 Å². The summed E-state index contributed by atoms with van der Waals surface area (Å²) in [5, 5.41) is 10.6. The highest BCUT2D eigenvalue weighted by Gasteiger charge is 2.16. The molecule has 6 nitrogen and oxygen atoms in total. The smallest absolute Gasteiger partial charge is 0.342 e. The van der Waals surface area contributed by atoms with Crippen LogP contribution in [0.25, 0.3) is 11.0 Å². The molecule has 0 amide bonds. The lowest BCUT2D eigenvalue weighted by Gasteiger charge is -2.09. The van der Waals surface area contributed by atoms with E-state index < -0.39 is 11.6 Å². The van der Waals surface area contributed by atoms with Crippen LogP contribution in [-0.2, 0) is 17.8 Å². The van der Waals surface area contributed by atoms with Gasteiger partial charge in [-0.1, -0.05) is 6.92 Å². The number of phenolic OH excluding ortho intramolecular Hbond substituents is 1. The summed E-state index contributed by atoms with van der Waals surface area (Å²) in [5.41, 5.74) is 1.28. The Morgan fingerprint density at radius 1 is 1.12 bits per heavy atom. The average molecular weight is 342 g/mol. The Kier molecular flexibility index (Phi) is 4.35. The van der Waals surface area contributed by atoms with Crippen LogP contribution in [-0.4, -0.2) is 11.1 Å². The second-order valence-corrected chi connectivity index (χ2v) is 5.82. The molecule has 0 atom stereocenters. The van der Waals surface area contributed by atoms with Crippen molar-refractivity contribution in [3.63, 3.8) is 0 Å². The van der Waals surface area contributed by atoms with E-state index in [9.17, 15) is 14.7 Å². The fraction of sp³-hybridized carbons (Fsp3) is 0.263. The topological polar surface area (TPSA) is 89.9 Å². The van der Waals surface area contributed by atoms with Gasteiger partial charge < -0.3 is 18.7 Å². The summed E-state index contributed by atoms with van der Waals surface area (Å²) in [4.78, 5) is 24.0. The molecule has 25 heavy (non-hydrogen) atoms. The molecular weight excluding hydrogens is 324 g/mol. The highest BCUT2D eigenvalue weighted by atomic mass is 16.5. The third kappa shape index (κ3) is 3.28. The highest BCUT2D eigenvalue weighted by Crippen LogP contribution is 2.27. The molecule has 1 N–H and O–H groups in total. The van der Waals surface area contributed by atoms with E-state index in [0.717, 1.165) is 5.56 Å². The van der Waals surface area contributed by atoms with Gasteiger partial charge in [-0.15, -0.1) is 0 Å². The van der Waals surface area contributed by atoms with Gasteiger partial charge in [0.05, 0.1) is 0 Å². The molecule has 0 fully saturated rings. The number of aromatic hydroxyl groups is 1. The van der Waals surface area contributed by atoms with Crippen molar-refractivity contribution in [2.24, 2.45) is 0 Å². The van der Waals surface area contributed by atoms with Crippen molar-refractivity contribution in [2.45, 2.75) is 33.8 Å². The Morgan fingerprint density at radius 2 is 1.88 bits per heavy atom. The van der Waals surface area contributed by atoms with Crippen molar-refractivity contribution in [2.75, 3.05) is 0 Å². The summed E-state index contributed by atoms with van der Waals surface area (Å²) in [6, 6.07) is 6.05. The van der Waals surface area contributed by atoms with E-state index in [0.29, 0.717) is 34.5 Å². The van der Waals surface area contributed by atoms with Crippen LogP contribution >= 0.6 is 0 Å². The van der Waals surface area contributed by atoms with E-state index in [2.05, 4.69) is 0 Å². The molecule has 0 aliphatic carbocycles. The van der Waals surface area contributed by atoms with Gasteiger partial charge in [-0.25, -0.2) is 9.59 Å². The first-order valence-electron chi connectivity index (χ1n) is 7.91. The minimum absolute atomic E-state index is 0.0665. The normalized spacial score (nSPS) is 11.0. The minimum atomic E-state index is -0.572. The molecule has 0 spiro atoms. The number of aryl methyl sites for hydroxylation is 3. The predicted molar refractivity (Wildman–Crippen MR) is 90.8 cm³/mol. The van der Waals surface area contributed by atoms with Crippen LogP contribution < -0.4 is 5.63 Å². The molecule has 0 saturated heterocycles. The number of hydrogen-bond donors (Lipinski definition) is 1. The maximum atomic E-state index is 12.2. The zero-order chi connectivity index (χ0) is 18.1. The maximum absolute atomic E-state index is 12.2. The van der Waals surface area contributed by atoms with Crippen LogP contribution in [0.1, 0.15) is 39.9 Å². The SMILES string of the molecule is CCc1cc2c(COC(=O)c3cc(C)oc3C)cc(=O)oc2cc1O. The Morgan fingerprint density at radius 3 is 2.52 bits per heavy atom. The second kappa shape index (κ2) is 6.47. The van der Waals surface area contributed by atoms with Gasteiger partial charge in [0.1, 0.15) is 35.0 Å². The fourth-order valence-electron chi connectivity index (χ4n) is 2.76. The minimum Gasteiger partial charge on any atom is -0.508 e. The lowest BCUT2D eigenvalue weighted by atomic mass is 10.0. The Balaban J connectivity index is 1.94. The number of furan rings is 1. The lowest BCUT2D eigenvalue weighted by molar-refractivity contribution is 0.0472. The molecule has 2 heterocycles. The number of benzene rings is 1. The third-order valence-electron chi connectivity index (χ3n) is 4.03. The van der Waals surface area contributed by atoms with Gasteiger partial charge in [-0.2, -0.15) is 0 Å². The summed E-state index contributed by atoms with van der Waals surface area (Å²) < 4.78 is 15.8. The number of esters is 1. The molecular formula is C19H18O6. The van der Waals surface area contributed by atoms with Crippen LogP contribution in [0.2, 0.25) is 0 Å². The van der Waals surface area contributed by atoms with Crippen molar-refractivity contribution in [3.8, 4) is 5.75 Å². The molecule has 3 aromatic rings. The number of phenols is 1. The van der Waals surface area contributed by atoms with Crippen molar-refractivity contribution >= 4 is 16.9 Å². The summed E-state index contributed by atoms with van der Waals surface area (Å²) in [6.45, 7) is 5.26. The van der Waals surface area contributed by atoms with E-state index in [1.165, 1.54) is 12.1 Å². The molecule has 0 aliphatic heterocycles. The van der Waals surface area contributed by atoms with Gasteiger partial charge in [0, 0.05) is 23.1 Å². The first kappa shape index (κ1) is 16.8. The van der Waals surface area contributed by atoms with Gasteiger partial charge in [0.2, 0.25) is 0 Å². The van der Waals surface area contributed by atoms with Gasteiger partial charge in [-0.05, 0) is 38.0 Å². The number of carbonyl (C=O) groups is 1. The highest BCUT2D eigenvalue weighted by molar-refractivity contribution is 5.91. The summed E-state index contributed by atoms with van der Waals surface area (Å²) >= 11 is 0. The zero-order valence-electron chi connectivity index (χ0n) is 14.2. The van der Waals surface area contributed by atoms with E-state index in [1.807, 2.05) is 6.92 Å². The third-order valence-corrected chi connectivity index (χ3v) is 4.03. The number of rotatable bonds is 4. The molecule has 1 aromatic carbocycles. The van der Waals surface area contributed by atoms with Crippen LogP contribution in [0.3, 0.4) is 0 Å². The molecule has 2 aromatic heterocycles. The first-order valence-corrected chi connectivity index (χ1v) is 7.91. The molecule has 0 saturated carbocycles. The van der Waals surface area contributed by atoms with Crippen molar-refractivity contribution in [1.29, 1.82) is 0 Å². The number of fused-ring (bicyclic) bond motifs is 1. The molecule has 6 heteroatoms. The van der Waals surface area contributed by atoms with Gasteiger partial charge in [0.25, 0.3) is 0 Å². The molecule has 0 bridgehead atoms. The Hall–Kier alpha value is -3.02. The monoisotopic (exact) mass is 342 g/mol. The van der Waals surface area contributed by atoms with E-state index in [4.69, 9.17) is 13.6 Å². The molecule has 0 unspecified atom stereocenters. The Bertz CT molecular complexity index is 1010. The van der Waals surface area contributed by atoms with Gasteiger partial charge in [-0.3, -0.25) is 0 Å². The first-order chi connectivity index (χ1) is 11.9. The summed E-state index contributed by atoms with van der Waals surface area (Å²) in [7, 11) is 0. The quantitative estimate of drug-likeness (QED) is 0.575. The van der Waals surface area contributed by atoms with E-state index in [1.54, 1.807) is 26.0 Å². The van der Waals surface area contributed by atoms with Crippen molar-refractivity contribution < 1.29 is 23.5 Å². The maximum Gasteiger partial charge on any atom is 0.342 e. The molecule has 3 rings (SSSR count). The average Bonchev–Trinajstić information content (AvgIpc) is 2.90. The standard InChI is InChI=1S/C19H18O6/c1-4-12-6-15-13(7-18(21)25-17(15)8-16(12)20)9-23-19(22)14-5-10(2)24-11(14)3/h5-8,20H,4,9H2,1-3H3. The second-order valence-electron chi connectivity index (χ2n) is 5.82. The summed E-state index contributed by atoms with van der Waals surface area (Å²) in [6.07, 6.45) is 0.619. The predicted octanol–water partition coefficient (Wildman–Crippen LogP) is 3.63. The van der Waals surface area contributed by atoms with Gasteiger partial charge >= 0.3 is 11.6 Å². The van der Waals surface area contributed by atoms with Crippen LogP contribution in [0.5, 0.6) is 5.75 Å². The molecule has 0 radical (unpaired) electrons. The zero-order valence-corrected chi connectivity index (χ0v) is 14.2.